The number of aryl methyl sites for hydroxylation is 2. The molecule has 49 heavy (non-hydrogen) atoms. The number of fused-ring (bicyclic) bond motifs is 1. The number of amides is 3. The molecule has 0 radical (unpaired) electrons. The Morgan fingerprint density at radius 3 is 2.43 bits per heavy atom. The van der Waals surface area contributed by atoms with Crippen molar-refractivity contribution < 1.29 is 23.9 Å². The molecule has 264 valence electrons. The van der Waals surface area contributed by atoms with Gasteiger partial charge in [-0.25, -0.2) is 4.98 Å². The van der Waals surface area contributed by atoms with Crippen LogP contribution in [0, 0.1) is 13.8 Å². The number of methoxy groups -OCH3 is 1. The van der Waals surface area contributed by atoms with Gasteiger partial charge in [-0.1, -0.05) is 12.1 Å². The number of piperazine rings is 1. The van der Waals surface area contributed by atoms with Crippen molar-refractivity contribution in [1.29, 1.82) is 0 Å². The normalized spacial score (nSPS) is 12.9. The fourth-order valence-corrected chi connectivity index (χ4v) is 5.73. The van der Waals surface area contributed by atoms with Crippen molar-refractivity contribution in [3.8, 4) is 11.5 Å². The van der Waals surface area contributed by atoms with Crippen molar-refractivity contribution in [3.05, 3.63) is 77.1 Å². The van der Waals surface area contributed by atoms with E-state index >= 15 is 0 Å². The summed E-state index contributed by atoms with van der Waals surface area (Å²) < 4.78 is 11.7. The summed E-state index contributed by atoms with van der Waals surface area (Å²) in [5.74, 6) is 1.22. The molecule has 0 aliphatic carbocycles. The van der Waals surface area contributed by atoms with Crippen molar-refractivity contribution in [2.24, 2.45) is 0 Å². The highest BCUT2D eigenvalue weighted by Crippen LogP contribution is 2.31. The van der Waals surface area contributed by atoms with Gasteiger partial charge in [0.15, 0.2) is 0 Å². The van der Waals surface area contributed by atoms with Crippen LogP contribution in [0.15, 0.2) is 54.6 Å². The number of para-hydroxylation sites is 1. The van der Waals surface area contributed by atoms with Crippen molar-refractivity contribution in [2.45, 2.75) is 39.5 Å². The summed E-state index contributed by atoms with van der Waals surface area (Å²) in [6.07, 6.45) is 3.06. The number of benzene rings is 3. The van der Waals surface area contributed by atoms with Crippen LogP contribution in [-0.2, 0) is 4.79 Å². The average molecular weight is 714 g/mol. The number of aromatic nitrogens is 2. The lowest BCUT2D eigenvalue weighted by Crippen LogP contribution is -2.47. The number of aromatic amines is 1. The van der Waals surface area contributed by atoms with Crippen LogP contribution >= 0.6 is 24.8 Å². The summed E-state index contributed by atoms with van der Waals surface area (Å²) >= 11 is 0. The molecule has 13 heteroatoms. The van der Waals surface area contributed by atoms with Crippen LogP contribution in [0.3, 0.4) is 0 Å². The number of unbranched alkanes of at least 4 members (excludes halogenated alkanes) is 2. The van der Waals surface area contributed by atoms with Crippen molar-refractivity contribution in [3.63, 3.8) is 0 Å². The number of rotatable bonds is 12. The minimum absolute atomic E-state index is 0. The van der Waals surface area contributed by atoms with E-state index in [0.717, 1.165) is 62.3 Å². The molecule has 1 fully saturated rings. The van der Waals surface area contributed by atoms with Crippen LogP contribution in [0.25, 0.3) is 11.0 Å². The lowest BCUT2D eigenvalue weighted by Gasteiger charge is -2.32. The predicted molar refractivity (Wildman–Crippen MR) is 198 cm³/mol. The number of hydrogen-bond acceptors (Lipinski definition) is 7. The quantitative estimate of drug-likeness (QED) is 0.166. The van der Waals surface area contributed by atoms with Crippen LogP contribution in [-0.4, -0.2) is 91.5 Å². The molecule has 0 atom stereocenters. The molecule has 0 bridgehead atoms. The van der Waals surface area contributed by atoms with E-state index in [1.165, 1.54) is 7.11 Å². The Bertz CT molecular complexity index is 1760. The van der Waals surface area contributed by atoms with Gasteiger partial charge >= 0.3 is 0 Å². The fraction of sp³-hybridized carbons (Fsp3) is 0.389. The Morgan fingerprint density at radius 1 is 0.939 bits per heavy atom. The highest BCUT2D eigenvalue weighted by Gasteiger charge is 2.22. The number of hydrogen-bond donors (Lipinski definition) is 2. The molecular weight excluding hydrogens is 667 g/mol. The molecule has 1 aromatic heterocycles. The first-order valence-corrected chi connectivity index (χ1v) is 16.1. The van der Waals surface area contributed by atoms with Crippen LogP contribution in [0.4, 0.5) is 11.4 Å². The molecular formula is C36H46Cl2N6O5. The van der Waals surface area contributed by atoms with Gasteiger partial charge < -0.3 is 34.5 Å². The molecule has 2 N–H and O–H groups in total. The third kappa shape index (κ3) is 9.65. The van der Waals surface area contributed by atoms with Crippen molar-refractivity contribution in [1.82, 2.24) is 19.8 Å². The molecule has 2 heterocycles. The third-order valence-corrected chi connectivity index (χ3v) is 8.50. The number of nitrogens with zero attached hydrogens (tertiary/aromatic N) is 4. The number of carbonyl (C=O) groups excluding carboxylic acids is 3. The molecule has 3 aromatic carbocycles. The van der Waals surface area contributed by atoms with Gasteiger partial charge in [0, 0.05) is 45.2 Å². The second-order valence-electron chi connectivity index (χ2n) is 12.1. The van der Waals surface area contributed by atoms with Crippen molar-refractivity contribution in [2.75, 3.05) is 64.2 Å². The lowest BCUT2D eigenvalue weighted by molar-refractivity contribution is -0.132. The van der Waals surface area contributed by atoms with Gasteiger partial charge in [0.1, 0.15) is 22.8 Å². The number of imidazole rings is 1. The molecule has 1 aliphatic rings. The summed E-state index contributed by atoms with van der Waals surface area (Å²) in [4.78, 5) is 52.8. The largest absolute Gasteiger partial charge is 0.496 e. The first kappa shape index (κ1) is 39.1. The maximum absolute atomic E-state index is 13.7. The summed E-state index contributed by atoms with van der Waals surface area (Å²) in [5, 5.41) is 2.92. The van der Waals surface area contributed by atoms with E-state index in [-0.39, 0.29) is 48.3 Å². The maximum atomic E-state index is 13.7. The first-order chi connectivity index (χ1) is 22.6. The molecule has 0 spiro atoms. The van der Waals surface area contributed by atoms with Gasteiger partial charge in [-0.2, -0.15) is 0 Å². The Balaban J connectivity index is 0.00000325. The minimum atomic E-state index is -0.375. The molecule has 5 rings (SSSR count). The predicted octanol–water partition coefficient (Wildman–Crippen LogP) is 6.27. The van der Waals surface area contributed by atoms with Gasteiger partial charge in [-0.3, -0.25) is 14.4 Å². The number of H-pyrrole nitrogens is 1. The Hall–Kier alpha value is -4.32. The lowest BCUT2D eigenvalue weighted by atomic mass is 10.1. The highest BCUT2D eigenvalue weighted by atomic mass is 35.5. The van der Waals surface area contributed by atoms with E-state index in [9.17, 15) is 14.4 Å². The molecule has 1 aliphatic heterocycles. The average Bonchev–Trinajstić information content (AvgIpc) is 3.46. The van der Waals surface area contributed by atoms with Crippen molar-refractivity contribution >= 4 is 64.9 Å². The Kier molecular flexibility index (Phi) is 14.3. The van der Waals surface area contributed by atoms with E-state index in [4.69, 9.17) is 9.47 Å². The topological polar surface area (TPSA) is 120 Å². The summed E-state index contributed by atoms with van der Waals surface area (Å²) in [6.45, 7) is 7.77. The molecule has 11 nitrogen and oxygen atoms in total. The molecule has 3 amide bonds. The number of nitrogens with one attached hydrogen (secondary N) is 2. The van der Waals surface area contributed by atoms with Crippen LogP contribution in [0.1, 0.15) is 57.8 Å². The smallest absolute Gasteiger partial charge is 0.259 e. The van der Waals surface area contributed by atoms with Gasteiger partial charge in [0.2, 0.25) is 5.91 Å². The molecule has 1 saturated heterocycles. The molecule has 0 unspecified atom stereocenters. The summed E-state index contributed by atoms with van der Waals surface area (Å²) in [7, 11) is 5.25. The monoisotopic (exact) mass is 712 g/mol. The summed E-state index contributed by atoms with van der Waals surface area (Å²) in [6, 6.07) is 16.0. The minimum Gasteiger partial charge on any atom is -0.496 e. The van der Waals surface area contributed by atoms with Crippen LogP contribution in [0.2, 0.25) is 0 Å². The first-order valence-electron chi connectivity index (χ1n) is 16.1. The molecule has 0 saturated carbocycles. The maximum Gasteiger partial charge on any atom is 0.259 e. The zero-order valence-electron chi connectivity index (χ0n) is 28.7. The standard InChI is InChI=1S/C36H44N6O5.2ClH/c1-24-13-16-30(32(22-24)47-21-8-6-7-12-33(43)42-19-17-40(3)18-20-42)41(4)36(45)26-14-15-27(31(23-26)46-5)35(44)39-29-11-9-10-28-34(29)38-25(2)37-28;;/h9-11,13-16,22-23H,6-8,12,17-21H2,1-5H3,(H,37,38)(H,39,44);2*1H. The highest BCUT2D eigenvalue weighted by molar-refractivity contribution is 6.11. The van der Waals surface area contributed by atoms with Gasteiger partial charge in [-0.05, 0) is 88.2 Å². The van der Waals surface area contributed by atoms with Crippen LogP contribution in [0.5, 0.6) is 11.5 Å². The zero-order valence-corrected chi connectivity index (χ0v) is 30.3. The SMILES string of the molecule is COc1cc(C(=O)N(C)c2ccc(C)cc2OCCCCCC(=O)N2CCN(C)CC2)ccc1C(=O)Nc1cccc2[nH]c(C)nc12.Cl.Cl. The van der Waals surface area contributed by atoms with Crippen LogP contribution < -0.4 is 19.7 Å². The number of ether oxygens (including phenoxy) is 2. The van der Waals surface area contributed by atoms with E-state index in [1.807, 2.05) is 49.1 Å². The number of likely N-dealkylation sites (N-methyl/N-ethyl adjacent to an activating group) is 1. The zero-order chi connectivity index (χ0) is 33.5. The third-order valence-electron chi connectivity index (χ3n) is 8.50. The Morgan fingerprint density at radius 2 is 1.69 bits per heavy atom. The van der Waals surface area contributed by atoms with Gasteiger partial charge in [-0.15, -0.1) is 24.8 Å². The Labute approximate surface area is 300 Å². The number of carbonyl (C=O) groups is 3. The second-order valence-corrected chi connectivity index (χ2v) is 12.1. The van der Waals surface area contributed by atoms with Gasteiger partial charge in [0.05, 0.1) is 36.2 Å². The van der Waals surface area contributed by atoms with E-state index in [2.05, 4.69) is 27.2 Å². The summed E-state index contributed by atoms with van der Waals surface area (Å²) in [5.41, 5.74) is 4.36. The fourth-order valence-electron chi connectivity index (χ4n) is 5.73. The number of anilines is 2. The second kappa shape index (κ2) is 17.9. The van der Waals surface area contributed by atoms with Gasteiger partial charge in [0.25, 0.3) is 11.8 Å². The number of halogens is 2. The van der Waals surface area contributed by atoms with E-state index in [1.54, 1.807) is 36.2 Å². The molecule has 4 aromatic rings. The van der Waals surface area contributed by atoms with E-state index < -0.39 is 0 Å². The van der Waals surface area contributed by atoms with E-state index in [0.29, 0.717) is 46.8 Å².